The van der Waals surface area contributed by atoms with Crippen molar-refractivity contribution in [2.45, 2.75) is 32.7 Å². The van der Waals surface area contributed by atoms with Gasteiger partial charge in [0.25, 0.3) is 0 Å². The fourth-order valence-electron chi connectivity index (χ4n) is 2.26. The molecule has 0 fully saturated rings. The normalized spacial score (nSPS) is 11.6. The number of hydrogen-bond donors (Lipinski definition) is 2. The molecule has 1 unspecified atom stereocenters. The molecule has 1 heterocycles. The molecule has 0 aliphatic carbocycles. The highest BCUT2D eigenvalue weighted by Gasteiger charge is 2.20. The van der Waals surface area contributed by atoms with E-state index in [4.69, 9.17) is 10.8 Å². The van der Waals surface area contributed by atoms with E-state index in [-0.39, 0.29) is 23.7 Å². The fourth-order valence-corrected chi connectivity index (χ4v) is 2.26. The SMILES string of the molecule is CCC(C)c1c(N)c(C=O)nn1Cc1cccc(F)c1F.CO. The zero-order valence-corrected chi connectivity index (χ0v) is 13.4. The van der Waals surface area contributed by atoms with Crippen molar-refractivity contribution in [2.75, 3.05) is 12.8 Å². The van der Waals surface area contributed by atoms with E-state index in [0.717, 1.165) is 19.6 Å². The lowest BCUT2D eigenvalue weighted by atomic mass is 10.0. The Bertz CT molecular complexity index is 672. The average Bonchev–Trinajstić information content (AvgIpc) is 2.88. The Balaban J connectivity index is 0.00000127. The summed E-state index contributed by atoms with van der Waals surface area (Å²) in [6.07, 6.45) is 1.36. The van der Waals surface area contributed by atoms with Crippen molar-refractivity contribution >= 4 is 12.0 Å². The molecule has 0 saturated heterocycles. The molecule has 1 atom stereocenters. The van der Waals surface area contributed by atoms with Crippen molar-refractivity contribution in [3.63, 3.8) is 0 Å². The Morgan fingerprint density at radius 1 is 1.39 bits per heavy atom. The molecule has 5 nitrogen and oxygen atoms in total. The Labute approximate surface area is 133 Å². The summed E-state index contributed by atoms with van der Waals surface area (Å²) in [5.74, 6) is -1.76. The molecular weight excluding hydrogens is 304 g/mol. The lowest BCUT2D eigenvalue weighted by Gasteiger charge is -2.14. The van der Waals surface area contributed by atoms with Crippen LogP contribution in [-0.2, 0) is 6.54 Å². The summed E-state index contributed by atoms with van der Waals surface area (Å²) in [6.45, 7) is 3.95. The summed E-state index contributed by atoms with van der Waals surface area (Å²) < 4.78 is 28.5. The number of rotatable bonds is 5. The predicted octanol–water partition coefficient (Wildman–Crippen LogP) is 2.73. The van der Waals surface area contributed by atoms with Crippen LogP contribution in [0.1, 0.15) is 47.9 Å². The monoisotopic (exact) mass is 325 g/mol. The third-order valence-corrected chi connectivity index (χ3v) is 3.60. The van der Waals surface area contributed by atoms with Gasteiger partial charge in [0.15, 0.2) is 17.9 Å². The molecule has 0 radical (unpaired) electrons. The van der Waals surface area contributed by atoms with Crippen LogP contribution in [0.5, 0.6) is 0 Å². The summed E-state index contributed by atoms with van der Waals surface area (Å²) in [5.41, 5.74) is 7.20. The molecule has 0 aliphatic heterocycles. The number of nitrogens with two attached hydrogens (primary N) is 1. The van der Waals surface area contributed by atoms with Gasteiger partial charge in [0.1, 0.15) is 5.69 Å². The standard InChI is InChI=1S/C15H17F2N3O.CH4O/c1-3-9(2)15-14(18)12(8-21)19-20(15)7-10-5-4-6-11(16)13(10)17;1-2/h4-6,8-9H,3,7,18H2,1-2H3;2H,1H3. The Kier molecular flexibility index (Phi) is 6.84. The molecule has 0 amide bonds. The lowest BCUT2D eigenvalue weighted by Crippen LogP contribution is -2.11. The van der Waals surface area contributed by atoms with Gasteiger partial charge < -0.3 is 10.8 Å². The third-order valence-electron chi connectivity index (χ3n) is 3.60. The molecule has 3 N–H and O–H groups in total. The number of benzene rings is 1. The maximum atomic E-state index is 13.8. The molecule has 0 bridgehead atoms. The number of halogens is 2. The van der Waals surface area contributed by atoms with Gasteiger partial charge in [-0.3, -0.25) is 9.48 Å². The molecule has 0 saturated carbocycles. The zero-order chi connectivity index (χ0) is 17.6. The number of nitrogen functional groups attached to an aromatic ring is 1. The quantitative estimate of drug-likeness (QED) is 0.828. The summed E-state index contributed by atoms with van der Waals surface area (Å²) in [4.78, 5) is 11.0. The van der Waals surface area contributed by atoms with Crippen molar-refractivity contribution in [3.05, 3.63) is 46.8 Å². The van der Waals surface area contributed by atoms with Crippen molar-refractivity contribution in [2.24, 2.45) is 0 Å². The van der Waals surface area contributed by atoms with Gasteiger partial charge in [-0.25, -0.2) is 8.78 Å². The number of anilines is 1. The van der Waals surface area contributed by atoms with Crippen LogP contribution in [0.4, 0.5) is 14.5 Å². The second-order valence-electron chi connectivity index (χ2n) is 4.98. The van der Waals surface area contributed by atoms with Crippen LogP contribution in [0.2, 0.25) is 0 Å². The van der Waals surface area contributed by atoms with Gasteiger partial charge in [0.2, 0.25) is 0 Å². The number of aromatic nitrogens is 2. The van der Waals surface area contributed by atoms with Crippen molar-refractivity contribution in [1.29, 1.82) is 0 Å². The molecule has 2 rings (SSSR count). The summed E-state index contributed by atoms with van der Waals surface area (Å²) in [7, 11) is 1.00. The van der Waals surface area contributed by atoms with Crippen LogP contribution in [0.3, 0.4) is 0 Å². The van der Waals surface area contributed by atoms with Gasteiger partial charge >= 0.3 is 0 Å². The van der Waals surface area contributed by atoms with E-state index >= 15 is 0 Å². The Morgan fingerprint density at radius 3 is 2.61 bits per heavy atom. The number of carbonyl (C=O) groups excluding carboxylic acids is 1. The zero-order valence-electron chi connectivity index (χ0n) is 13.4. The van der Waals surface area contributed by atoms with E-state index in [2.05, 4.69) is 5.10 Å². The molecule has 0 aliphatic rings. The van der Waals surface area contributed by atoms with E-state index in [9.17, 15) is 13.6 Å². The summed E-state index contributed by atoms with van der Waals surface area (Å²) in [5, 5.41) is 11.1. The van der Waals surface area contributed by atoms with Crippen molar-refractivity contribution < 1.29 is 18.7 Å². The predicted molar refractivity (Wildman–Crippen MR) is 84.3 cm³/mol. The van der Waals surface area contributed by atoms with E-state index in [1.807, 2.05) is 13.8 Å². The van der Waals surface area contributed by atoms with Crippen LogP contribution in [0.25, 0.3) is 0 Å². The molecule has 126 valence electrons. The minimum atomic E-state index is -0.909. The molecular formula is C16H21F2N3O2. The minimum Gasteiger partial charge on any atom is -0.400 e. The Morgan fingerprint density at radius 2 is 2.04 bits per heavy atom. The maximum absolute atomic E-state index is 13.8. The number of aliphatic hydroxyl groups excluding tert-OH is 1. The van der Waals surface area contributed by atoms with Gasteiger partial charge in [-0.05, 0) is 18.4 Å². The van der Waals surface area contributed by atoms with Gasteiger partial charge in [0.05, 0.1) is 17.9 Å². The van der Waals surface area contributed by atoms with Gasteiger partial charge in [-0.1, -0.05) is 26.0 Å². The van der Waals surface area contributed by atoms with Crippen molar-refractivity contribution in [1.82, 2.24) is 9.78 Å². The van der Waals surface area contributed by atoms with E-state index in [0.29, 0.717) is 17.7 Å². The molecule has 2 aromatic rings. The third kappa shape index (κ3) is 3.92. The lowest BCUT2D eigenvalue weighted by molar-refractivity contribution is 0.111. The van der Waals surface area contributed by atoms with Gasteiger partial charge in [-0.2, -0.15) is 5.10 Å². The molecule has 1 aromatic heterocycles. The Hall–Kier alpha value is -2.28. The number of aliphatic hydroxyl groups is 1. The first kappa shape index (κ1) is 18.8. The molecule has 23 heavy (non-hydrogen) atoms. The van der Waals surface area contributed by atoms with E-state index in [1.54, 1.807) is 0 Å². The van der Waals surface area contributed by atoms with Gasteiger partial charge in [-0.15, -0.1) is 0 Å². The van der Waals surface area contributed by atoms with Crippen LogP contribution in [0, 0.1) is 11.6 Å². The first-order chi connectivity index (χ1) is 11.0. The molecule has 1 aromatic carbocycles. The van der Waals surface area contributed by atoms with E-state index in [1.165, 1.54) is 16.8 Å². The first-order valence-electron chi connectivity index (χ1n) is 7.18. The maximum Gasteiger partial charge on any atom is 0.172 e. The minimum absolute atomic E-state index is 0.0291. The molecule has 0 spiro atoms. The number of hydrogen-bond acceptors (Lipinski definition) is 4. The van der Waals surface area contributed by atoms with E-state index < -0.39 is 11.6 Å². The van der Waals surface area contributed by atoms with Crippen LogP contribution in [0.15, 0.2) is 18.2 Å². The largest absolute Gasteiger partial charge is 0.400 e. The average molecular weight is 325 g/mol. The summed E-state index contributed by atoms with van der Waals surface area (Å²) in [6, 6.07) is 3.98. The number of carbonyl (C=O) groups is 1. The van der Waals surface area contributed by atoms with Crippen LogP contribution < -0.4 is 5.73 Å². The number of nitrogens with zero attached hydrogens (tertiary/aromatic N) is 2. The van der Waals surface area contributed by atoms with Gasteiger partial charge in [0, 0.05) is 12.7 Å². The molecule has 7 heteroatoms. The highest BCUT2D eigenvalue weighted by molar-refractivity contribution is 5.81. The fraction of sp³-hybridized carbons (Fsp3) is 0.375. The smallest absolute Gasteiger partial charge is 0.172 e. The second-order valence-corrected chi connectivity index (χ2v) is 4.98. The highest BCUT2D eigenvalue weighted by Crippen LogP contribution is 2.28. The topological polar surface area (TPSA) is 81.1 Å². The second kappa shape index (κ2) is 8.38. The van der Waals surface area contributed by atoms with Crippen molar-refractivity contribution in [3.8, 4) is 0 Å². The highest BCUT2D eigenvalue weighted by atomic mass is 19.2. The van der Waals surface area contributed by atoms with Crippen LogP contribution in [-0.4, -0.2) is 28.3 Å². The number of aldehydes is 1. The summed E-state index contributed by atoms with van der Waals surface area (Å²) >= 11 is 0. The first-order valence-corrected chi connectivity index (χ1v) is 7.18. The van der Waals surface area contributed by atoms with Crippen LogP contribution >= 0.6 is 0 Å².